The number of hydrogen-bond donors (Lipinski definition) is 1. The predicted molar refractivity (Wildman–Crippen MR) is 118 cm³/mol. The molecule has 154 valence electrons. The van der Waals surface area contributed by atoms with Crippen LogP contribution in [0.4, 0.5) is 0 Å². The minimum atomic E-state index is -0.569. The highest BCUT2D eigenvalue weighted by molar-refractivity contribution is 7.22. The summed E-state index contributed by atoms with van der Waals surface area (Å²) in [6.45, 7) is 2.45. The molecule has 0 radical (unpaired) electrons. The standard InChI is InChI=1S/C21H18ClN3O4S/c1-12-10-23-11-16(18(12)29-8-7-28-2)25-20(26)19-15(24-21(25)27)9-17(30-19)13-5-3-4-6-14(13)22/h3-6,9-11H,7-8H2,1-2H3,(H,24,27). The first kappa shape index (κ1) is 20.3. The van der Waals surface area contributed by atoms with Crippen LogP contribution >= 0.6 is 22.9 Å². The third kappa shape index (κ3) is 3.65. The molecule has 1 aromatic carbocycles. The van der Waals surface area contributed by atoms with Gasteiger partial charge in [-0.15, -0.1) is 11.3 Å². The van der Waals surface area contributed by atoms with Crippen molar-refractivity contribution < 1.29 is 9.47 Å². The minimum Gasteiger partial charge on any atom is -0.489 e. The molecule has 0 bridgehead atoms. The van der Waals surface area contributed by atoms with Gasteiger partial charge in [0.2, 0.25) is 0 Å². The molecule has 7 nitrogen and oxygen atoms in total. The fraction of sp³-hybridized carbons (Fsp3) is 0.190. The third-order valence-electron chi connectivity index (χ3n) is 4.54. The molecule has 0 spiro atoms. The average molecular weight is 444 g/mol. The molecule has 4 aromatic rings. The van der Waals surface area contributed by atoms with Gasteiger partial charge in [0.15, 0.2) is 0 Å². The van der Waals surface area contributed by atoms with E-state index in [4.69, 9.17) is 21.1 Å². The van der Waals surface area contributed by atoms with E-state index in [0.29, 0.717) is 33.2 Å². The number of aryl methyl sites for hydroxylation is 1. The van der Waals surface area contributed by atoms with Crippen LogP contribution in [0.2, 0.25) is 5.02 Å². The number of benzene rings is 1. The van der Waals surface area contributed by atoms with Crippen molar-refractivity contribution in [2.24, 2.45) is 0 Å². The molecule has 0 aliphatic carbocycles. The molecule has 0 saturated heterocycles. The van der Waals surface area contributed by atoms with Crippen molar-refractivity contribution in [1.29, 1.82) is 0 Å². The molecule has 9 heteroatoms. The SMILES string of the molecule is COCCOc1c(C)cncc1-n1c(=O)[nH]c2cc(-c3ccccc3Cl)sc2c1=O. The first-order valence-corrected chi connectivity index (χ1v) is 10.3. The van der Waals surface area contributed by atoms with Crippen LogP contribution in [0, 0.1) is 6.92 Å². The molecule has 0 amide bonds. The van der Waals surface area contributed by atoms with E-state index in [0.717, 1.165) is 15.0 Å². The van der Waals surface area contributed by atoms with Gasteiger partial charge >= 0.3 is 5.69 Å². The monoisotopic (exact) mass is 443 g/mol. The topological polar surface area (TPSA) is 86.2 Å². The number of halogens is 1. The second-order valence-corrected chi connectivity index (χ2v) is 8.01. The molecule has 0 fully saturated rings. The number of aromatic amines is 1. The number of H-pyrrole nitrogens is 1. The summed E-state index contributed by atoms with van der Waals surface area (Å²) in [5, 5.41) is 0.573. The first-order chi connectivity index (χ1) is 14.5. The van der Waals surface area contributed by atoms with E-state index in [1.54, 1.807) is 32.4 Å². The number of rotatable bonds is 6. The summed E-state index contributed by atoms with van der Waals surface area (Å²) in [5.41, 5.74) is 1.24. The number of hydrogen-bond acceptors (Lipinski definition) is 6. The lowest BCUT2D eigenvalue weighted by molar-refractivity contribution is 0.146. The summed E-state index contributed by atoms with van der Waals surface area (Å²) in [4.78, 5) is 33.8. The number of thiophene rings is 1. The van der Waals surface area contributed by atoms with Gasteiger partial charge in [0.05, 0.1) is 18.3 Å². The quantitative estimate of drug-likeness (QED) is 0.458. The number of methoxy groups -OCH3 is 1. The van der Waals surface area contributed by atoms with Gasteiger partial charge < -0.3 is 14.5 Å². The van der Waals surface area contributed by atoms with Crippen LogP contribution < -0.4 is 16.0 Å². The summed E-state index contributed by atoms with van der Waals surface area (Å²) >= 11 is 7.57. The largest absolute Gasteiger partial charge is 0.489 e. The summed E-state index contributed by atoms with van der Waals surface area (Å²) in [7, 11) is 1.57. The van der Waals surface area contributed by atoms with E-state index in [2.05, 4.69) is 9.97 Å². The zero-order chi connectivity index (χ0) is 21.3. The van der Waals surface area contributed by atoms with Gasteiger partial charge in [-0.25, -0.2) is 9.36 Å². The minimum absolute atomic E-state index is 0.277. The number of pyridine rings is 1. The number of ether oxygens (including phenoxy) is 2. The lowest BCUT2D eigenvalue weighted by atomic mass is 10.2. The molecule has 30 heavy (non-hydrogen) atoms. The Morgan fingerprint density at radius 3 is 2.77 bits per heavy atom. The molecule has 0 aliphatic heterocycles. The summed E-state index contributed by atoms with van der Waals surface area (Å²) < 4.78 is 12.3. The van der Waals surface area contributed by atoms with Gasteiger partial charge in [0.25, 0.3) is 5.56 Å². The Morgan fingerprint density at radius 2 is 2.00 bits per heavy atom. The van der Waals surface area contributed by atoms with Crippen LogP contribution in [0.15, 0.2) is 52.3 Å². The van der Waals surface area contributed by atoms with Gasteiger partial charge in [0.1, 0.15) is 22.7 Å². The number of nitrogens with one attached hydrogen (secondary N) is 1. The zero-order valence-corrected chi connectivity index (χ0v) is 17.8. The van der Waals surface area contributed by atoms with Crippen LogP contribution in [0.1, 0.15) is 5.56 Å². The molecule has 0 saturated carbocycles. The second-order valence-electron chi connectivity index (χ2n) is 6.55. The maximum atomic E-state index is 13.3. The van der Waals surface area contributed by atoms with E-state index >= 15 is 0 Å². The normalized spacial score (nSPS) is 11.2. The summed E-state index contributed by atoms with van der Waals surface area (Å²) in [5.74, 6) is 0.414. The second kappa shape index (κ2) is 8.43. The molecular formula is C21H18ClN3O4S. The van der Waals surface area contributed by atoms with Crippen LogP contribution in [-0.4, -0.2) is 34.9 Å². The van der Waals surface area contributed by atoms with Crippen LogP contribution in [-0.2, 0) is 4.74 Å². The smallest absolute Gasteiger partial charge is 0.333 e. The number of aromatic nitrogens is 3. The van der Waals surface area contributed by atoms with Crippen molar-refractivity contribution in [1.82, 2.24) is 14.5 Å². The van der Waals surface area contributed by atoms with Crippen molar-refractivity contribution in [2.45, 2.75) is 6.92 Å². The Bertz CT molecular complexity index is 1340. The van der Waals surface area contributed by atoms with Gasteiger partial charge in [-0.05, 0) is 19.1 Å². The van der Waals surface area contributed by atoms with E-state index in [1.807, 2.05) is 18.2 Å². The Labute approximate surface area is 180 Å². The maximum Gasteiger partial charge on any atom is 0.333 e. The van der Waals surface area contributed by atoms with Gasteiger partial charge in [0, 0.05) is 34.3 Å². The van der Waals surface area contributed by atoms with Crippen molar-refractivity contribution >= 4 is 33.2 Å². The highest BCUT2D eigenvalue weighted by atomic mass is 35.5. The van der Waals surface area contributed by atoms with Gasteiger partial charge in [-0.2, -0.15) is 0 Å². The Morgan fingerprint density at radius 1 is 1.20 bits per heavy atom. The fourth-order valence-corrected chi connectivity index (χ4v) is 4.51. The summed E-state index contributed by atoms with van der Waals surface area (Å²) in [6, 6.07) is 9.12. The molecule has 0 atom stereocenters. The van der Waals surface area contributed by atoms with E-state index in [-0.39, 0.29) is 12.3 Å². The van der Waals surface area contributed by atoms with Crippen LogP contribution in [0.5, 0.6) is 5.75 Å². The van der Waals surface area contributed by atoms with Crippen LogP contribution in [0.25, 0.3) is 26.3 Å². The average Bonchev–Trinajstić information content (AvgIpc) is 3.14. The summed E-state index contributed by atoms with van der Waals surface area (Å²) in [6.07, 6.45) is 3.06. The van der Waals surface area contributed by atoms with E-state index in [9.17, 15) is 9.59 Å². The van der Waals surface area contributed by atoms with E-state index < -0.39 is 11.2 Å². The molecule has 4 rings (SSSR count). The van der Waals surface area contributed by atoms with Crippen molar-refractivity contribution in [3.05, 3.63) is 74.1 Å². The molecule has 3 aromatic heterocycles. The van der Waals surface area contributed by atoms with Gasteiger partial charge in [-0.1, -0.05) is 29.8 Å². The Hall–Kier alpha value is -2.94. The van der Waals surface area contributed by atoms with Crippen molar-refractivity contribution in [3.63, 3.8) is 0 Å². The molecule has 0 aliphatic rings. The molecular weight excluding hydrogens is 426 g/mol. The van der Waals surface area contributed by atoms with Crippen molar-refractivity contribution in [2.75, 3.05) is 20.3 Å². The number of nitrogens with zero attached hydrogens (tertiary/aromatic N) is 2. The highest BCUT2D eigenvalue weighted by Gasteiger charge is 2.18. The lowest BCUT2D eigenvalue weighted by Crippen LogP contribution is -2.33. The van der Waals surface area contributed by atoms with E-state index in [1.165, 1.54) is 17.5 Å². The zero-order valence-electron chi connectivity index (χ0n) is 16.3. The van der Waals surface area contributed by atoms with Crippen molar-refractivity contribution in [3.8, 4) is 21.9 Å². The number of fused-ring (bicyclic) bond motifs is 1. The predicted octanol–water partition coefficient (Wildman–Crippen LogP) is 3.79. The van der Waals surface area contributed by atoms with Crippen LogP contribution in [0.3, 0.4) is 0 Å². The molecule has 3 heterocycles. The first-order valence-electron chi connectivity index (χ1n) is 9.11. The third-order valence-corrected chi connectivity index (χ3v) is 6.03. The highest BCUT2D eigenvalue weighted by Crippen LogP contribution is 2.35. The lowest BCUT2D eigenvalue weighted by Gasteiger charge is -2.14. The molecule has 1 N–H and O–H groups in total. The Kier molecular flexibility index (Phi) is 5.72. The fourth-order valence-electron chi connectivity index (χ4n) is 3.13. The molecule has 0 unspecified atom stereocenters. The van der Waals surface area contributed by atoms with Gasteiger partial charge in [-0.3, -0.25) is 9.78 Å². The Balaban J connectivity index is 1.90. The maximum absolute atomic E-state index is 13.3.